The van der Waals surface area contributed by atoms with Crippen LogP contribution in [0, 0.1) is 10.1 Å². The summed E-state index contributed by atoms with van der Waals surface area (Å²) in [6, 6.07) is 10.8. The van der Waals surface area contributed by atoms with Crippen molar-refractivity contribution in [2.75, 3.05) is 6.54 Å². The second-order valence-electron chi connectivity index (χ2n) is 9.81. The van der Waals surface area contributed by atoms with Crippen LogP contribution in [0.25, 0.3) is 0 Å². The SMILES string of the molecule is CCC(C)(C)Oc1ccc(CCCCNS(=O)(=O)c2ccc([N+](=O)[O-])cc2)c(OC(C)(C)CC)c1. The fourth-order valence-corrected chi connectivity index (χ4v) is 4.21. The van der Waals surface area contributed by atoms with Crippen LogP contribution in [0.5, 0.6) is 11.5 Å². The molecule has 0 heterocycles. The van der Waals surface area contributed by atoms with Crippen molar-refractivity contribution in [2.24, 2.45) is 0 Å². The number of rotatable bonds is 14. The summed E-state index contributed by atoms with van der Waals surface area (Å²) in [5.74, 6) is 1.55. The molecule has 0 aliphatic rings. The van der Waals surface area contributed by atoms with E-state index < -0.39 is 14.9 Å². The van der Waals surface area contributed by atoms with Gasteiger partial charge in [-0.1, -0.05) is 19.9 Å². The second kappa shape index (κ2) is 11.9. The summed E-state index contributed by atoms with van der Waals surface area (Å²) < 4.78 is 39.9. The van der Waals surface area contributed by atoms with Crippen molar-refractivity contribution in [2.45, 2.75) is 89.7 Å². The summed E-state index contributed by atoms with van der Waals surface area (Å²) in [7, 11) is -3.72. The van der Waals surface area contributed by atoms with E-state index in [1.807, 2.05) is 32.0 Å². The number of non-ortho nitro benzene ring substituents is 1. The van der Waals surface area contributed by atoms with Crippen LogP contribution < -0.4 is 14.2 Å². The molecule has 0 aliphatic heterocycles. The number of nitrogens with zero attached hydrogens (tertiary/aromatic N) is 1. The molecule has 0 radical (unpaired) electrons. The van der Waals surface area contributed by atoms with Gasteiger partial charge in [-0.05, 0) is 83.6 Å². The lowest BCUT2D eigenvalue weighted by atomic mass is 10.0. The van der Waals surface area contributed by atoms with Gasteiger partial charge in [-0.3, -0.25) is 10.1 Å². The third-order valence-electron chi connectivity index (χ3n) is 6.04. The van der Waals surface area contributed by atoms with Gasteiger partial charge in [-0.2, -0.15) is 0 Å². The maximum Gasteiger partial charge on any atom is 0.269 e. The lowest BCUT2D eigenvalue weighted by Gasteiger charge is -2.29. The largest absolute Gasteiger partial charge is 0.488 e. The number of nitro benzene ring substituents is 1. The van der Waals surface area contributed by atoms with Crippen LogP contribution >= 0.6 is 0 Å². The Kier molecular flexibility index (Phi) is 9.68. The standard InChI is InChI=1S/C26H38N2O6S/c1-7-25(3,4)33-22-15-12-20(24(19-22)34-26(5,6)8-2)11-9-10-18-27-35(31,32)23-16-13-21(14-17-23)28(29)30/h12-17,19,27H,7-11,18H2,1-6H3. The Morgan fingerprint density at radius 1 is 0.914 bits per heavy atom. The van der Waals surface area contributed by atoms with Crippen molar-refractivity contribution in [3.8, 4) is 11.5 Å². The van der Waals surface area contributed by atoms with Crippen LogP contribution in [0.1, 0.15) is 72.8 Å². The topological polar surface area (TPSA) is 108 Å². The van der Waals surface area contributed by atoms with Gasteiger partial charge in [0.2, 0.25) is 10.0 Å². The summed E-state index contributed by atoms with van der Waals surface area (Å²) in [4.78, 5) is 10.2. The first-order chi connectivity index (χ1) is 16.3. The monoisotopic (exact) mass is 506 g/mol. The number of nitrogens with one attached hydrogen (secondary N) is 1. The fourth-order valence-electron chi connectivity index (χ4n) is 3.14. The molecule has 0 fully saturated rings. The van der Waals surface area contributed by atoms with Crippen molar-refractivity contribution in [1.29, 1.82) is 0 Å². The van der Waals surface area contributed by atoms with Crippen LogP contribution in [0.15, 0.2) is 47.4 Å². The number of ether oxygens (including phenoxy) is 2. The van der Waals surface area contributed by atoms with Crippen LogP contribution in [0.3, 0.4) is 0 Å². The molecule has 0 unspecified atom stereocenters. The average Bonchev–Trinajstić information content (AvgIpc) is 2.79. The lowest BCUT2D eigenvalue weighted by molar-refractivity contribution is -0.384. The third-order valence-corrected chi connectivity index (χ3v) is 7.52. The smallest absolute Gasteiger partial charge is 0.269 e. The van der Waals surface area contributed by atoms with Gasteiger partial charge in [0.05, 0.1) is 9.82 Å². The predicted molar refractivity (Wildman–Crippen MR) is 138 cm³/mol. The minimum atomic E-state index is -3.72. The van der Waals surface area contributed by atoms with Crippen molar-refractivity contribution < 1.29 is 22.8 Å². The zero-order valence-electron chi connectivity index (χ0n) is 21.6. The number of hydrogen-bond donors (Lipinski definition) is 1. The van der Waals surface area contributed by atoms with E-state index in [1.165, 1.54) is 24.3 Å². The van der Waals surface area contributed by atoms with Gasteiger partial charge >= 0.3 is 0 Å². The molecule has 2 aromatic rings. The van der Waals surface area contributed by atoms with Gasteiger partial charge in [0.25, 0.3) is 5.69 Å². The molecule has 2 rings (SSSR count). The van der Waals surface area contributed by atoms with Crippen LogP contribution in [-0.2, 0) is 16.4 Å². The van der Waals surface area contributed by atoms with Crippen LogP contribution in [0.4, 0.5) is 5.69 Å². The Hall–Kier alpha value is -2.65. The van der Waals surface area contributed by atoms with Crippen molar-refractivity contribution in [3.05, 3.63) is 58.1 Å². The molecule has 0 saturated carbocycles. The van der Waals surface area contributed by atoms with Crippen molar-refractivity contribution in [3.63, 3.8) is 0 Å². The van der Waals surface area contributed by atoms with Crippen LogP contribution in [-0.4, -0.2) is 31.1 Å². The van der Waals surface area contributed by atoms with Crippen molar-refractivity contribution in [1.82, 2.24) is 4.72 Å². The summed E-state index contributed by atoms with van der Waals surface area (Å²) >= 11 is 0. The Labute approximate surface area is 209 Å². The second-order valence-corrected chi connectivity index (χ2v) is 11.6. The van der Waals surface area contributed by atoms with Gasteiger partial charge in [0, 0.05) is 24.7 Å². The third kappa shape index (κ3) is 8.81. The van der Waals surface area contributed by atoms with E-state index in [0.717, 1.165) is 42.7 Å². The molecule has 35 heavy (non-hydrogen) atoms. The van der Waals surface area contributed by atoms with Crippen LogP contribution in [0.2, 0.25) is 0 Å². The molecule has 194 valence electrons. The van der Waals surface area contributed by atoms with Gasteiger partial charge in [-0.25, -0.2) is 13.1 Å². The number of aryl methyl sites for hydroxylation is 1. The molecule has 8 nitrogen and oxygen atoms in total. The maximum atomic E-state index is 12.5. The Bertz CT molecular complexity index is 1100. The molecule has 0 saturated heterocycles. The molecule has 0 amide bonds. The first kappa shape index (κ1) is 28.6. The number of nitro groups is 1. The molecular weight excluding hydrogens is 468 g/mol. The molecule has 0 bridgehead atoms. The summed E-state index contributed by atoms with van der Waals surface area (Å²) in [6.07, 6.45) is 3.84. The van der Waals surface area contributed by atoms with Crippen molar-refractivity contribution >= 4 is 15.7 Å². The molecule has 2 aromatic carbocycles. The summed E-state index contributed by atoms with van der Waals surface area (Å²) in [5.41, 5.74) is 0.294. The first-order valence-corrected chi connectivity index (χ1v) is 13.5. The predicted octanol–water partition coefficient (Wildman–Crippen LogP) is 6.03. The fraction of sp³-hybridized carbons (Fsp3) is 0.538. The van der Waals surface area contributed by atoms with Gasteiger partial charge in [-0.15, -0.1) is 0 Å². The normalized spacial score (nSPS) is 12.4. The average molecular weight is 507 g/mol. The molecule has 0 spiro atoms. The number of benzene rings is 2. The number of unbranched alkanes of at least 4 members (excludes halogenated alkanes) is 1. The number of hydrogen-bond acceptors (Lipinski definition) is 6. The zero-order valence-corrected chi connectivity index (χ0v) is 22.4. The molecule has 1 N–H and O–H groups in total. The van der Waals surface area contributed by atoms with Gasteiger partial charge in [0.15, 0.2) is 0 Å². The van der Waals surface area contributed by atoms with Gasteiger partial charge in [0.1, 0.15) is 22.7 Å². The molecule has 0 aromatic heterocycles. The maximum absolute atomic E-state index is 12.5. The Balaban J connectivity index is 2.01. The highest BCUT2D eigenvalue weighted by Gasteiger charge is 2.22. The first-order valence-electron chi connectivity index (χ1n) is 12.0. The highest BCUT2D eigenvalue weighted by atomic mass is 32.2. The summed E-state index contributed by atoms with van der Waals surface area (Å²) in [5, 5.41) is 10.8. The molecule has 0 atom stereocenters. The van der Waals surface area contributed by atoms with E-state index in [9.17, 15) is 18.5 Å². The molecular formula is C26H38N2O6S. The lowest BCUT2D eigenvalue weighted by Crippen LogP contribution is -2.28. The highest BCUT2D eigenvalue weighted by molar-refractivity contribution is 7.89. The van der Waals surface area contributed by atoms with E-state index >= 15 is 0 Å². The van der Waals surface area contributed by atoms with E-state index in [4.69, 9.17) is 9.47 Å². The van der Waals surface area contributed by atoms with Gasteiger partial charge < -0.3 is 9.47 Å². The van der Waals surface area contributed by atoms with E-state index in [0.29, 0.717) is 6.42 Å². The minimum absolute atomic E-state index is 0.00572. The van der Waals surface area contributed by atoms with E-state index in [-0.39, 0.29) is 28.3 Å². The number of sulfonamides is 1. The summed E-state index contributed by atoms with van der Waals surface area (Å²) in [6.45, 7) is 12.6. The molecule has 9 heteroatoms. The van der Waals surface area contributed by atoms with E-state index in [2.05, 4.69) is 32.4 Å². The zero-order chi connectivity index (χ0) is 26.3. The highest BCUT2D eigenvalue weighted by Crippen LogP contribution is 2.32. The molecule has 0 aliphatic carbocycles. The Morgan fingerprint density at radius 2 is 1.51 bits per heavy atom. The Morgan fingerprint density at radius 3 is 2.09 bits per heavy atom. The quantitative estimate of drug-likeness (QED) is 0.190. The van der Waals surface area contributed by atoms with E-state index in [1.54, 1.807) is 0 Å². The minimum Gasteiger partial charge on any atom is -0.488 e.